The second-order valence-electron chi connectivity index (χ2n) is 8.61. The molecule has 0 aromatic heterocycles. The summed E-state index contributed by atoms with van der Waals surface area (Å²) in [6, 6.07) is 2.92. The Morgan fingerprint density at radius 1 is 1.17 bits per heavy atom. The summed E-state index contributed by atoms with van der Waals surface area (Å²) in [6.45, 7) is 2.31. The predicted molar refractivity (Wildman–Crippen MR) is 101 cm³/mol. The number of benzene rings is 1. The van der Waals surface area contributed by atoms with E-state index in [0.717, 1.165) is 37.8 Å². The fourth-order valence-corrected chi connectivity index (χ4v) is 4.97. The minimum Gasteiger partial charge on any atom is -0.337 e. The number of nitrogens with one attached hydrogen (secondary N) is 1. The van der Waals surface area contributed by atoms with E-state index in [-0.39, 0.29) is 37.4 Å². The Kier molecular flexibility index (Phi) is 5.04. The van der Waals surface area contributed by atoms with Gasteiger partial charge in [-0.15, -0.1) is 0 Å². The van der Waals surface area contributed by atoms with Crippen molar-refractivity contribution in [2.75, 3.05) is 13.1 Å². The maximum Gasteiger partial charge on any atom is 0.253 e. The number of carbonyl (C=O) groups excluding carboxylic acids is 3. The first kappa shape index (κ1) is 19.8. The van der Waals surface area contributed by atoms with E-state index in [9.17, 15) is 23.2 Å². The predicted octanol–water partition coefficient (Wildman–Crippen LogP) is 1.62. The average molecular weight is 405 g/mol. The van der Waals surface area contributed by atoms with Crippen LogP contribution in [0.2, 0.25) is 0 Å². The van der Waals surface area contributed by atoms with Gasteiger partial charge in [-0.25, -0.2) is 8.78 Å². The highest BCUT2D eigenvalue weighted by Crippen LogP contribution is 2.37. The summed E-state index contributed by atoms with van der Waals surface area (Å²) >= 11 is 0. The van der Waals surface area contributed by atoms with E-state index >= 15 is 0 Å². The van der Waals surface area contributed by atoms with E-state index in [1.807, 2.05) is 0 Å². The Balaban J connectivity index is 1.59. The molecule has 0 bridgehead atoms. The molecule has 3 aliphatic rings. The lowest BCUT2D eigenvalue weighted by atomic mass is 9.73. The van der Waals surface area contributed by atoms with Gasteiger partial charge in [0.05, 0.1) is 19.1 Å². The first-order valence-electron chi connectivity index (χ1n) is 10.1. The molecule has 1 aromatic carbocycles. The van der Waals surface area contributed by atoms with Crippen molar-refractivity contribution in [1.82, 2.24) is 15.1 Å². The molecule has 1 saturated carbocycles. The maximum atomic E-state index is 13.6. The standard InChI is InChI=1S/C21H25F2N3O3/c1-13-2-5-15(6-3-13)26-10-19(28)24-21(20(26)29)11-25(12-27)18(21)9-14-4-7-16(22)17(23)8-14/h4,7-8,12-13,15,18H,2-3,5-6,9-11H2,1H3,(H,24,28). The Morgan fingerprint density at radius 3 is 2.55 bits per heavy atom. The summed E-state index contributed by atoms with van der Waals surface area (Å²) in [5.41, 5.74) is -0.741. The van der Waals surface area contributed by atoms with Crippen LogP contribution in [-0.4, -0.2) is 58.7 Å². The van der Waals surface area contributed by atoms with Gasteiger partial charge in [0.2, 0.25) is 12.3 Å². The number of rotatable bonds is 4. The fraction of sp³-hybridized carbons (Fsp3) is 0.571. The van der Waals surface area contributed by atoms with Crippen LogP contribution in [0.15, 0.2) is 18.2 Å². The van der Waals surface area contributed by atoms with Crippen molar-refractivity contribution in [2.24, 2.45) is 5.92 Å². The number of halogens is 2. The van der Waals surface area contributed by atoms with Gasteiger partial charge in [0, 0.05) is 6.04 Å². The van der Waals surface area contributed by atoms with Crippen LogP contribution in [0.4, 0.5) is 8.78 Å². The van der Waals surface area contributed by atoms with Gasteiger partial charge < -0.3 is 15.1 Å². The molecule has 2 aliphatic heterocycles. The van der Waals surface area contributed by atoms with Gasteiger partial charge >= 0.3 is 0 Å². The zero-order valence-corrected chi connectivity index (χ0v) is 16.4. The van der Waals surface area contributed by atoms with E-state index in [0.29, 0.717) is 17.9 Å². The van der Waals surface area contributed by atoms with Gasteiger partial charge in [0.25, 0.3) is 5.91 Å². The molecule has 2 heterocycles. The molecule has 8 heteroatoms. The number of hydrogen-bond donors (Lipinski definition) is 1. The van der Waals surface area contributed by atoms with Gasteiger partial charge in [0.1, 0.15) is 0 Å². The molecule has 1 aliphatic carbocycles. The van der Waals surface area contributed by atoms with Gasteiger partial charge in [0.15, 0.2) is 17.2 Å². The zero-order valence-electron chi connectivity index (χ0n) is 16.4. The highest BCUT2D eigenvalue weighted by Gasteiger charge is 2.62. The average Bonchev–Trinajstić information content (AvgIpc) is 2.69. The van der Waals surface area contributed by atoms with Gasteiger partial charge in [-0.2, -0.15) is 0 Å². The number of piperazine rings is 1. The zero-order chi connectivity index (χ0) is 20.8. The molecule has 156 valence electrons. The van der Waals surface area contributed by atoms with E-state index in [1.54, 1.807) is 4.90 Å². The molecule has 2 unspecified atom stereocenters. The van der Waals surface area contributed by atoms with E-state index in [1.165, 1.54) is 11.0 Å². The molecule has 1 aromatic rings. The van der Waals surface area contributed by atoms with Crippen molar-refractivity contribution in [3.63, 3.8) is 0 Å². The molecular weight excluding hydrogens is 380 g/mol. The highest BCUT2D eigenvalue weighted by atomic mass is 19.2. The lowest BCUT2D eigenvalue weighted by molar-refractivity contribution is -0.170. The molecular formula is C21H25F2N3O3. The molecule has 29 heavy (non-hydrogen) atoms. The van der Waals surface area contributed by atoms with Crippen LogP contribution in [-0.2, 0) is 20.8 Å². The van der Waals surface area contributed by atoms with Crippen molar-refractivity contribution in [3.8, 4) is 0 Å². The summed E-state index contributed by atoms with van der Waals surface area (Å²) in [6.07, 6.45) is 4.54. The molecule has 2 atom stereocenters. The fourth-order valence-electron chi connectivity index (χ4n) is 4.97. The second-order valence-corrected chi connectivity index (χ2v) is 8.61. The van der Waals surface area contributed by atoms with Crippen molar-refractivity contribution in [3.05, 3.63) is 35.4 Å². The topological polar surface area (TPSA) is 69.7 Å². The maximum absolute atomic E-state index is 13.6. The van der Waals surface area contributed by atoms with E-state index in [4.69, 9.17) is 0 Å². The van der Waals surface area contributed by atoms with Crippen LogP contribution < -0.4 is 5.32 Å². The Bertz CT molecular complexity index is 840. The van der Waals surface area contributed by atoms with Crippen LogP contribution in [0.1, 0.15) is 38.2 Å². The van der Waals surface area contributed by atoms with Crippen molar-refractivity contribution in [1.29, 1.82) is 0 Å². The lowest BCUT2D eigenvalue weighted by Gasteiger charge is -2.58. The minimum absolute atomic E-state index is 0.0239. The van der Waals surface area contributed by atoms with Gasteiger partial charge in [-0.05, 0) is 55.7 Å². The van der Waals surface area contributed by atoms with Gasteiger partial charge in [-0.1, -0.05) is 13.0 Å². The lowest BCUT2D eigenvalue weighted by Crippen LogP contribution is -2.85. The smallest absolute Gasteiger partial charge is 0.253 e. The number of likely N-dealkylation sites (tertiary alicyclic amines) is 1. The minimum atomic E-state index is -1.20. The molecule has 2 saturated heterocycles. The van der Waals surface area contributed by atoms with Crippen LogP contribution in [0, 0.1) is 17.6 Å². The quantitative estimate of drug-likeness (QED) is 0.774. The van der Waals surface area contributed by atoms with Crippen LogP contribution in [0.3, 0.4) is 0 Å². The molecule has 6 nitrogen and oxygen atoms in total. The second kappa shape index (κ2) is 7.39. The van der Waals surface area contributed by atoms with Crippen LogP contribution in [0.5, 0.6) is 0 Å². The SMILES string of the molecule is CC1CCC(N2CC(=O)NC3(CN(C=O)C3Cc3ccc(F)c(F)c3)C2=O)CC1. The molecule has 3 fully saturated rings. The summed E-state index contributed by atoms with van der Waals surface area (Å²) in [4.78, 5) is 40.6. The normalized spacial score (nSPS) is 32.2. The Hall–Kier alpha value is -2.51. The van der Waals surface area contributed by atoms with Crippen molar-refractivity contribution < 1.29 is 23.2 Å². The molecule has 4 rings (SSSR count). The molecule has 3 amide bonds. The molecule has 1 spiro atoms. The summed E-state index contributed by atoms with van der Waals surface area (Å²) in [5, 5.41) is 2.82. The summed E-state index contributed by atoms with van der Waals surface area (Å²) in [5.74, 6) is -1.75. The number of amides is 3. The third kappa shape index (κ3) is 3.38. The first-order chi connectivity index (χ1) is 13.8. The monoisotopic (exact) mass is 405 g/mol. The van der Waals surface area contributed by atoms with E-state index in [2.05, 4.69) is 12.2 Å². The summed E-state index contributed by atoms with van der Waals surface area (Å²) < 4.78 is 26.9. The molecule has 0 radical (unpaired) electrons. The van der Waals surface area contributed by atoms with Gasteiger partial charge in [-0.3, -0.25) is 14.4 Å². The highest BCUT2D eigenvalue weighted by molar-refractivity contribution is 6.00. The van der Waals surface area contributed by atoms with Crippen molar-refractivity contribution in [2.45, 2.75) is 56.7 Å². The van der Waals surface area contributed by atoms with E-state index < -0.39 is 23.2 Å². The summed E-state index contributed by atoms with van der Waals surface area (Å²) in [7, 11) is 0. The third-order valence-corrected chi connectivity index (χ3v) is 6.69. The Labute approximate surface area is 168 Å². The number of hydrogen-bond acceptors (Lipinski definition) is 3. The van der Waals surface area contributed by atoms with Crippen LogP contribution >= 0.6 is 0 Å². The molecule has 1 N–H and O–H groups in total. The Morgan fingerprint density at radius 2 is 1.90 bits per heavy atom. The first-order valence-corrected chi connectivity index (χ1v) is 10.1. The number of carbonyl (C=O) groups is 3. The third-order valence-electron chi connectivity index (χ3n) is 6.69. The number of nitrogens with zero attached hydrogens (tertiary/aromatic N) is 2. The van der Waals surface area contributed by atoms with Crippen LogP contribution in [0.25, 0.3) is 0 Å². The van der Waals surface area contributed by atoms with Crippen molar-refractivity contribution >= 4 is 18.2 Å². The largest absolute Gasteiger partial charge is 0.337 e.